The van der Waals surface area contributed by atoms with Gasteiger partial charge in [0.1, 0.15) is 0 Å². The molecule has 1 amide bonds. The molecule has 2 aromatic rings. The van der Waals surface area contributed by atoms with E-state index < -0.39 is 6.10 Å². The van der Waals surface area contributed by atoms with E-state index in [1.54, 1.807) is 19.1 Å². The normalized spacial score (nSPS) is 11.8. The molecule has 1 N–H and O–H groups in total. The summed E-state index contributed by atoms with van der Waals surface area (Å²) < 4.78 is 5.53. The molecule has 0 radical (unpaired) electrons. The number of nitrogens with one attached hydrogen (secondary N) is 1. The number of hydrogen-bond acceptors (Lipinski definition) is 2. The lowest BCUT2D eigenvalue weighted by molar-refractivity contribution is -0.122. The van der Waals surface area contributed by atoms with Crippen LogP contribution < -0.4 is 10.1 Å². The number of para-hydroxylation sites is 1. The van der Waals surface area contributed by atoms with Crippen molar-refractivity contribution >= 4 is 46.4 Å². The van der Waals surface area contributed by atoms with E-state index in [0.717, 1.165) is 0 Å². The quantitative estimate of drug-likeness (QED) is 0.842. The molecule has 0 aromatic heterocycles. The number of anilines is 1. The van der Waals surface area contributed by atoms with E-state index in [4.69, 9.17) is 39.5 Å². The van der Waals surface area contributed by atoms with Crippen LogP contribution in [0.2, 0.25) is 15.1 Å². The van der Waals surface area contributed by atoms with E-state index in [9.17, 15) is 4.79 Å². The Kier molecular flexibility index (Phi) is 5.34. The fraction of sp³-hybridized carbons (Fsp3) is 0.133. The Labute approximate surface area is 137 Å². The van der Waals surface area contributed by atoms with Gasteiger partial charge in [-0.05, 0) is 31.2 Å². The molecule has 0 aliphatic heterocycles. The minimum Gasteiger partial charge on any atom is -0.478 e. The van der Waals surface area contributed by atoms with Crippen molar-refractivity contribution in [2.24, 2.45) is 0 Å². The molecular weight excluding hydrogens is 333 g/mol. The molecule has 3 nitrogen and oxygen atoms in total. The van der Waals surface area contributed by atoms with Gasteiger partial charge in [-0.25, -0.2) is 0 Å². The topological polar surface area (TPSA) is 38.3 Å². The molecule has 0 saturated heterocycles. The molecule has 0 bridgehead atoms. The molecule has 0 fully saturated rings. The molecule has 110 valence electrons. The van der Waals surface area contributed by atoms with E-state index in [0.29, 0.717) is 10.7 Å². The molecule has 6 heteroatoms. The van der Waals surface area contributed by atoms with Crippen molar-refractivity contribution in [1.29, 1.82) is 0 Å². The lowest BCUT2D eigenvalue weighted by Crippen LogP contribution is -2.30. The number of carbonyl (C=O) groups is 1. The largest absolute Gasteiger partial charge is 0.478 e. The zero-order valence-electron chi connectivity index (χ0n) is 11.1. The fourth-order valence-electron chi connectivity index (χ4n) is 1.64. The van der Waals surface area contributed by atoms with Crippen molar-refractivity contribution in [1.82, 2.24) is 0 Å². The van der Waals surface area contributed by atoms with Gasteiger partial charge in [-0.1, -0.05) is 53.0 Å². The second kappa shape index (κ2) is 7.03. The van der Waals surface area contributed by atoms with Crippen LogP contribution in [-0.2, 0) is 4.79 Å². The van der Waals surface area contributed by atoms with Gasteiger partial charge in [0.15, 0.2) is 11.9 Å². The fourth-order valence-corrected chi connectivity index (χ4v) is 2.54. The van der Waals surface area contributed by atoms with Crippen LogP contribution >= 0.6 is 34.8 Å². The molecule has 0 unspecified atom stereocenters. The first-order valence-corrected chi connectivity index (χ1v) is 7.28. The zero-order valence-corrected chi connectivity index (χ0v) is 13.3. The summed E-state index contributed by atoms with van der Waals surface area (Å²) >= 11 is 17.9. The van der Waals surface area contributed by atoms with Crippen molar-refractivity contribution in [3.05, 3.63) is 57.5 Å². The summed E-state index contributed by atoms with van der Waals surface area (Å²) in [6, 6.07) is 12.1. The Morgan fingerprint density at radius 2 is 1.67 bits per heavy atom. The van der Waals surface area contributed by atoms with Gasteiger partial charge >= 0.3 is 0 Å². The second-order valence-corrected chi connectivity index (χ2v) is 5.56. The van der Waals surface area contributed by atoms with Crippen LogP contribution in [0.1, 0.15) is 6.92 Å². The zero-order chi connectivity index (χ0) is 15.4. The van der Waals surface area contributed by atoms with E-state index >= 15 is 0 Å². The van der Waals surface area contributed by atoms with Crippen LogP contribution in [0.25, 0.3) is 0 Å². The van der Waals surface area contributed by atoms with Crippen LogP contribution in [0.4, 0.5) is 5.69 Å². The van der Waals surface area contributed by atoms with Gasteiger partial charge in [0.05, 0.1) is 10.0 Å². The number of amides is 1. The highest BCUT2D eigenvalue weighted by Gasteiger charge is 2.18. The van der Waals surface area contributed by atoms with E-state index in [-0.39, 0.29) is 21.7 Å². The number of halogens is 3. The summed E-state index contributed by atoms with van der Waals surface area (Å²) in [5.41, 5.74) is 0.686. The maximum absolute atomic E-state index is 12.1. The number of hydrogen-bond donors (Lipinski definition) is 1. The molecule has 21 heavy (non-hydrogen) atoms. The third-order valence-electron chi connectivity index (χ3n) is 2.67. The molecule has 2 aromatic carbocycles. The first kappa shape index (κ1) is 16.0. The van der Waals surface area contributed by atoms with Crippen LogP contribution in [0.5, 0.6) is 5.75 Å². The van der Waals surface area contributed by atoms with Crippen molar-refractivity contribution in [2.45, 2.75) is 13.0 Å². The summed E-state index contributed by atoms with van der Waals surface area (Å²) in [6.45, 7) is 1.61. The number of rotatable bonds is 4. The lowest BCUT2D eigenvalue weighted by Gasteiger charge is -2.16. The van der Waals surface area contributed by atoms with E-state index in [1.807, 2.05) is 18.2 Å². The Bertz CT molecular complexity index is 624. The van der Waals surface area contributed by atoms with E-state index in [1.165, 1.54) is 12.1 Å². The monoisotopic (exact) mass is 343 g/mol. The molecule has 0 heterocycles. The number of carbonyl (C=O) groups excluding carboxylic acids is 1. The molecule has 0 spiro atoms. The van der Waals surface area contributed by atoms with Crippen molar-refractivity contribution in [3.63, 3.8) is 0 Å². The highest BCUT2D eigenvalue weighted by atomic mass is 35.5. The second-order valence-electron chi connectivity index (χ2n) is 4.31. The standard InChI is InChI=1S/C15H12Cl3NO2/c1-9(15(20)19-11-5-3-2-4-6-11)21-14-12(17)7-10(16)8-13(14)18/h2-9H,1H3,(H,19,20)/t9-/m1/s1. The Hall–Kier alpha value is -1.42. The highest BCUT2D eigenvalue weighted by Crippen LogP contribution is 2.36. The van der Waals surface area contributed by atoms with Gasteiger partial charge in [-0.2, -0.15) is 0 Å². The van der Waals surface area contributed by atoms with Crippen LogP contribution in [0.15, 0.2) is 42.5 Å². The van der Waals surface area contributed by atoms with Crippen molar-refractivity contribution in [3.8, 4) is 5.75 Å². The minimum atomic E-state index is -0.763. The average Bonchev–Trinajstić information content (AvgIpc) is 2.43. The van der Waals surface area contributed by atoms with Crippen LogP contribution in [-0.4, -0.2) is 12.0 Å². The van der Waals surface area contributed by atoms with Crippen LogP contribution in [0, 0.1) is 0 Å². The molecule has 0 aliphatic rings. The van der Waals surface area contributed by atoms with Gasteiger partial charge < -0.3 is 10.1 Å². The van der Waals surface area contributed by atoms with E-state index in [2.05, 4.69) is 5.32 Å². The van der Waals surface area contributed by atoms with Gasteiger partial charge in [-0.3, -0.25) is 4.79 Å². The maximum atomic E-state index is 12.1. The predicted octanol–water partition coefficient (Wildman–Crippen LogP) is 5.05. The molecule has 1 atom stereocenters. The molecule has 2 rings (SSSR count). The Morgan fingerprint density at radius 3 is 2.24 bits per heavy atom. The third kappa shape index (κ3) is 4.27. The predicted molar refractivity (Wildman–Crippen MR) is 86.6 cm³/mol. The lowest BCUT2D eigenvalue weighted by atomic mass is 10.3. The smallest absolute Gasteiger partial charge is 0.265 e. The van der Waals surface area contributed by atoms with Crippen molar-refractivity contribution in [2.75, 3.05) is 5.32 Å². The summed E-state index contributed by atoms with van der Waals surface area (Å²) in [4.78, 5) is 12.1. The summed E-state index contributed by atoms with van der Waals surface area (Å²) in [5, 5.41) is 3.65. The Balaban J connectivity index is 2.08. The first-order valence-electron chi connectivity index (χ1n) is 6.14. The SMILES string of the molecule is C[C@@H](Oc1c(Cl)cc(Cl)cc1Cl)C(=O)Nc1ccccc1. The number of benzene rings is 2. The number of ether oxygens (including phenoxy) is 1. The van der Waals surface area contributed by atoms with Gasteiger partial charge in [0, 0.05) is 10.7 Å². The van der Waals surface area contributed by atoms with Gasteiger partial charge in [-0.15, -0.1) is 0 Å². The average molecular weight is 345 g/mol. The van der Waals surface area contributed by atoms with Gasteiger partial charge in [0.2, 0.25) is 0 Å². The third-order valence-corrected chi connectivity index (χ3v) is 3.45. The summed E-state index contributed by atoms with van der Waals surface area (Å²) in [7, 11) is 0. The molecule has 0 saturated carbocycles. The highest BCUT2D eigenvalue weighted by molar-refractivity contribution is 6.40. The molecule has 0 aliphatic carbocycles. The maximum Gasteiger partial charge on any atom is 0.265 e. The first-order chi connectivity index (χ1) is 9.97. The van der Waals surface area contributed by atoms with Crippen molar-refractivity contribution < 1.29 is 9.53 Å². The Morgan fingerprint density at radius 1 is 1.10 bits per heavy atom. The summed E-state index contributed by atoms with van der Waals surface area (Å²) in [5.74, 6) is -0.0678. The minimum absolute atomic E-state index is 0.235. The molecular formula is C15H12Cl3NO2. The van der Waals surface area contributed by atoms with Crippen LogP contribution in [0.3, 0.4) is 0 Å². The van der Waals surface area contributed by atoms with Gasteiger partial charge in [0.25, 0.3) is 5.91 Å². The summed E-state index contributed by atoms with van der Waals surface area (Å²) in [6.07, 6.45) is -0.763.